The van der Waals surface area contributed by atoms with Crippen LogP contribution in [0.25, 0.3) is 0 Å². The van der Waals surface area contributed by atoms with Crippen LogP contribution in [0, 0.1) is 0 Å². The van der Waals surface area contributed by atoms with Crippen LogP contribution in [0.1, 0.15) is 51.9 Å². The normalized spacial score (nSPS) is 17.5. The standard InChI is InChI=1S/C21H32N4O3/c1-2-22-21(23-12-11-20(26)24-16-7-4-3-5-8-16)25-17-9-10-18-19(15-17)28-14-6-13-27-18/h9-10,15-16H,2-8,11-14H2,1H3,(H,24,26)(H2,22,23,25). The zero-order chi connectivity index (χ0) is 19.6. The van der Waals surface area contributed by atoms with Gasteiger partial charge in [-0.05, 0) is 31.9 Å². The van der Waals surface area contributed by atoms with Gasteiger partial charge in [-0.1, -0.05) is 19.3 Å². The summed E-state index contributed by atoms with van der Waals surface area (Å²) in [5.74, 6) is 2.25. The first kappa shape index (κ1) is 20.3. The van der Waals surface area contributed by atoms with E-state index in [9.17, 15) is 4.79 Å². The molecule has 0 radical (unpaired) electrons. The number of hydrogen-bond acceptors (Lipinski definition) is 4. The number of anilines is 1. The molecule has 2 aliphatic rings. The molecular formula is C21H32N4O3. The number of aliphatic imine (C=N–C) groups is 1. The number of guanidine groups is 1. The summed E-state index contributed by atoms with van der Waals surface area (Å²) in [6.07, 6.45) is 7.19. The molecule has 0 unspecified atom stereocenters. The number of benzene rings is 1. The number of rotatable bonds is 6. The zero-order valence-corrected chi connectivity index (χ0v) is 16.8. The van der Waals surface area contributed by atoms with Crippen LogP contribution in [0.4, 0.5) is 5.69 Å². The highest BCUT2D eigenvalue weighted by atomic mass is 16.5. The lowest BCUT2D eigenvalue weighted by Crippen LogP contribution is -2.36. The molecule has 7 nitrogen and oxygen atoms in total. The van der Waals surface area contributed by atoms with Crippen LogP contribution in [0.5, 0.6) is 11.5 Å². The predicted octanol–water partition coefficient (Wildman–Crippen LogP) is 3.06. The van der Waals surface area contributed by atoms with Gasteiger partial charge in [0.05, 0.1) is 19.8 Å². The molecule has 0 bridgehead atoms. The van der Waals surface area contributed by atoms with Crippen molar-refractivity contribution in [3.8, 4) is 11.5 Å². The van der Waals surface area contributed by atoms with Gasteiger partial charge in [0.25, 0.3) is 0 Å². The first-order valence-corrected chi connectivity index (χ1v) is 10.5. The molecule has 1 heterocycles. The van der Waals surface area contributed by atoms with E-state index in [0.29, 0.717) is 38.2 Å². The van der Waals surface area contributed by atoms with Crippen molar-refractivity contribution in [3.63, 3.8) is 0 Å². The lowest BCUT2D eigenvalue weighted by atomic mass is 9.95. The van der Waals surface area contributed by atoms with E-state index < -0.39 is 0 Å². The van der Waals surface area contributed by atoms with Crippen molar-refractivity contribution in [2.24, 2.45) is 4.99 Å². The van der Waals surface area contributed by atoms with Crippen molar-refractivity contribution < 1.29 is 14.3 Å². The summed E-state index contributed by atoms with van der Waals surface area (Å²) in [5.41, 5.74) is 0.871. The Bertz CT molecular complexity index is 672. The van der Waals surface area contributed by atoms with E-state index in [1.54, 1.807) is 0 Å². The fourth-order valence-electron chi connectivity index (χ4n) is 3.50. The van der Waals surface area contributed by atoms with Crippen LogP contribution in [-0.2, 0) is 4.79 Å². The maximum absolute atomic E-state index is 12.2. The molecule has 3 rings (SSSR count). The molecule has 1 amide bonds. The van der Waals surface area contributed by atoms with E-state index in [1.807, 2.05) is 25.1 Å². The predicted molar refractivity (Wildman–Crippen MR) is 111 cm³/mol. The average molecular weight is 389 g/mol. The van der Waals surface area contributed by atoms with Gasteiger partial charge in [-0.3, -0.25) is 9.79 Å². The van der Waals surface area contributed by atoms with Gasteiger partial charge < -0.3 is 25.4 Å². The fourth-order valence-corrected chi connectivity index (χ4v) is 3.50. The minimum Gasteiger partial charge on any atom is -0.490 e. The quantitative estimate of drug-likeness (QED) is 0.515. The summed E-state index contributed by atoms with van der Waals surface area (Å²) in [4.78, 5) is 16.7. The third-order valence-electron chi connectivity index (χ3n) is 4.93. The zero-order valence-electron chi connectivity index (χ0n) is 16.8. The van der Waals surface area contributed by atoms with Gasteiger partial charge in [-0.25, -0.2) is 0 Å². The molecule has 1 saturated carbocycles. The molecule has 0 aromatic heterocycles. The monoisotopic (exact) mass is 388 g/mol. The van der Waals surface area contributed by atoms with Crippen LogP contribution >= 0.6 is 0 Å². The molecule has 1 aliphatic heterocycles. The number of ether oxygens (including phenoxy) is 2. The van der Waals surface area contributed by atoms with Gasteiger partial charge in [0, 0.05) is 37.2 Å². The van der Waals surface area contributed by atoms with Gasteiger partial charge >= 0.3 is 0 Å². The summed E-state index contributed by atoms with van der Waals surface area (Å²) < 4.78 is 11.4. The molecule has 0 spiro atoms. The molecule has 3 N–H and O–H groups in total. The number of nitrogens with one attached hydrogen (secondary N) is 3. The first-order chi connectivity index (χ1) is 13.7. The van der Waals surface area contributed by atoms with E-state index >= 15 is 0 Å². The second-order valence-corrected chi connectivity index (χ2v) is 7.25. The highest BCUT2D eigenvalue weighted by molar-refractivity contribution is 5.94. The van der Waals surface area contributed by atoms with Gasteiger partial charge in [-0.15, -0.1) is 0 Å². The van der Waals surface area contributed by atoms with Gasteiger partial charge in [-0.2, -0.15) is 0 Å². The van der Waals surface area contributed by atoms with Crippen molar-refractivity contribution >= 4 is 17.6 Å². The Morgan fingerprint density at radius 1 is 1.11 bits per heavy atom. The van der Waals surface area contributed by atoms with Gasteiger partial charge in [0.2, 0.25) is 5.91 Å². The fraction of sp³-hybridized carbons (Fsp3) is 0.619. The van der Waals surface area contributed by atoms with E-state index in [-0.39, 0.29) is 5.91 Å². The average Bonchev–Trinajstić information content (AvgIpc) is 2.94. The third-order valence-corrected chi connectivity index (χ3v) is 4.93. The summed E-state index contributed by atoms with van der Waals surface area (Å²) in [7, 11) is 0. The summed E-state index contributed by atoms with van der Waals surface area (Å²) in [6.45, 7) is 4.53. The van der Waals surface area contributed by atoms with Gasteiger partial charge in [0.15, 0.2) is 17.5 Å². The first-order valence-electron chi connectivity index (χ1n) is 10.5. The second-order valence-electron chi connectivity index (χ2n) is 7.25. The Balaban J connectivity index is 1.52. The molecule has 1 aliphatic carbocycles. The van der Waals surface area contributed by atoms with Crippen molar-refractivity contribution in [2.45, 2.75) is 57.9 Å². The maximum atomic E-state index is 12.2. The van der Waals surface area contributed by atoms with Crippen LogP contribution < -0.4 is 25.4 Å². The Hall–Kier alpha value is -2.44. The summed E-state index contributed by atoms with van der Waals surface area (Å²) in [5, 5.41) is 9.63. The number of carbonyl (C=O) groups excluding carboxylic acids is 1. The number of carbonyl (C=O) groups is 1. The minimum absolute atomic E-state index is 0.0853. The molecule has 1 fully saturated rings. The highest BCUT2D eigenvalue weighted by Crippen LogP contribution is 2.32. The van der Waals surface area contributed by atoms with Crippen molar-refractivity contribution in [3.05, 3.63) is 18.2 Å². The molecular weight excluding hydrogens is 356 g/mol. The minimum atomic E-state index is 0.0853. The van der Waals surface area contributed by atoms with Crippen molar-refractivity contribution in [2.75, 3.05) is 31.6 Å². The number of nitrogens with zero attached hydrogens (tertiary/aromatic N) is 1. The molecule has 7 heteroatoms. The molecule has 1 aromatic rings. The Morgan fingerprint density at radius 3 is 2.68 bits per heavy atom. The van der Waals surface area contributed by atoms with E-state index in [1.165, 1.54) is 19.3 Å². The van der Waals surface area contributed by atoms with E-state index in [2.05, 4.69) is 20.9 Å². The molecule has 0 saturated heterocycles. The lowest BCUT2D eigenvalue weighted by Gasteiger charge is -2.22. The maximum Gasteiger partial charge on any atom is 0.222 e. The second kappa shape index (κ2) is 10.8. The third kappa shape index (κ3) is 6.32. The Morgan fingerprint density at radius 2 is 1.89 bits per heavy atom. The van der Waals surface area contributed by atoms with Gasteiger partial charge in [0.1, 0.15) is 0 Å². The number of hydrogen-bond donors (Lipinski definition) is 3. The van der Waals surface area contributed by atoms with Crippen molar-refractivity contribution in [1.82, 2.24) is 10.6 Å². The van der Waals surface area contributed by atoms with Crippen LogP contribution in [0.3, 0.4) is 0 Å². The van der Waals surface area contributed by atoms with Crippen LogP contribution in [-0.4, -0.2) is 44.2 Å². The molecule has 28 heavy (non-hydrogen) atoms. The molecule has 0 atom stereocenters. The largest absolute Gasteiger partial charge is 0.490 e. The summed E-state index contributed by atoms with van der Waals surface area (Å²) >= 11 is 0. The Kier molecular flexibility index (Phi) is 7.82. The smallest absolute Gasteiger partial charge is 0.222 e. The number of amides is 1. The van der Waals surface area contributed by atoms with Crippen LogP contribution in [0.15, 0.2) is 23.2 Å². The number of fused-ring (bicyclic) bond motifs is 1. The van der Waals surface area contributed by atoms with E-state index in [0.717, 1.165) is 43.0 Å². The summed E-state index contributed by atoms with van der Waals surface area (Å²) in [6, 6.07) is 6.11. The molecule has 154 valence electrons. The topological polar surface area (TPSA) is 84.0 Å². The van der Waals surface area contributed by atoms with Crippen LogP contribution in [0.2, 0.25) is 0 Å². The van der Waals surface area contributed by atoms with E-state index in [4.69, 9.17) is 9.47 Å². The lowest BCUT2D eigenvalue weighted by molar-refractivity contribution is -0.121. The highest BCUT2D eigenvalue weighted by Gasteiger charge is 2.15. The van der Waals surface area contributed by atoms with Crippen molar-refractivity contribution in [1.29, 1.82) is 0 Å². The molecule has 1 aromatic carbocycles. The SMILES string of the molecule is CCNC(=NCCC(=O)NC1CCCCC1)Nc1ccc2c(c1)OCCCO2. The Labute approximate surface area is 167 Å².